The molecule has 6 aromatic carbocycles. The Hall–Kier alpha value is -5.52. The Kier molecular flexibility index (Phi) is 8.34. The van der Waals surface area contributed by atoms with Crippen molar-refractivity contribution in [3.05, 3.63) is 195 Å². The summed E-state index contributed by atoms with van der Waals surface area (Å²) in [7, 11) is -3.50. The third-order valence-corrected chi connectivity index (χ3v) is 11.3. The van der Waals surface area contributed by atoms with E-state index in [1.165, 1.54) is 0 Å². The summed E-state index contributed by atoms with van der Waals surface area (Å²) < 4.78 is 7.44. The number of benzene rings is 6. The lowest BCUT2D eigenvalue weighted by Gasteiger charge is -2.54. The maximum atomic E-state index is 4.30. The summed E-state index contributed by atoms with van der Waals surface area (Å²) in [4.78, 5) is 3.97. The van der Waals surface area contributed by atoms with Gasteiger partial charge in [0.15, 0.2) is 0 Å². The van der Waals surface area contributed by atoms with Crippen molar-refractivity contribution in [1.29, 1.82) is 0 Å². The van der Waals surface area contributed by atoms with Gasteiger partial charge in [-0.1, -0.05) is 116 Å². The van der Waals surface area contributed by atoms with E-state index in [0.717, 1.165) is 34.1 Å². The number of hydrogen-bond donors (Lipinski definition) is 1. The summed E-state index contributed by atoms with van der Waals surface area (Å²) in [5, 5.41) is 0. The molecule has 0 atom stereocenters. The van der Waals surface area contributed by atoms with Gasteiger partial charge in [0, 0.05) is 34.1 Å². The van der Waals surface area contributed by atoms with Crippen LogP contribution in [0.4, 0.5) is 34.1 Å². The van der Waals surface area contributed by atoms with Gasteiger partial charge in [-0.05, 0) is 79.0 Å². The Morgan fingerprint density at radius 3 is 0.698 bits per heavy atom. The fourth-order valence-corrected chi connectivity index (χ4v) is 9.94. The number of anilines is 6. The van der Waals surface area contributed by atoms with E-state index in [-0.39, 0.29) is 0 Å². The molecule has 0 spiro atoms. The lowest BCUT2D eigenvalue weighted by atomic mass is 10.2. The molecule has 0 bridgehead atoms. The molecular weight excluding hydrogens is 541 g/mol. The average Bonchev–Trinajstić information content (AvgIpc) is 3.08. The van der Waals surface area contributed by atoms with E-state index >= 15 is 0 Å². The molecule has 0 heterocycles. The van der Waals surface area contributed by atoms with Crippen molar-refractivity contribution in [3.63, 3.8) is 0 Å². The van der Waals surface area contributed by atoms with Crippen molar-refractivity contribution < 1.29 is 0 Å². The standard InChI is InChI=1S/C38H34N4Si/c1-2-39-43(40(33-21-9-3-10-22-33)34-23-11-4-12-24-34,41(35-25-13-5-14-26-35)36-27-15-6-16-28-36)42(37-29-17-7-18-30-37)38-31-19-8-20-32-38/h2-32,39H,1H2. The number of hydrogen-bond acceptors (Lipinski definition) is 4. The molecule has 0 radical (unpaired) electrons. The van der Waals surface area contributed by atoms with E-state index in [1.54, 1.807) is 0 Å². The fourth-order valence-electron chi connectivity index (χ4n) is 5.62. The summed E-state index contributed by atoms with van der Waals surface area (Å²) in [6.45, 7) is 4.30. The number of nitrogens with zero attached hydrogens (tertiary/aromatic N) is 3. The third kappa shape index (κ3) is 5.54. The maximum Gasteiger partial charge on any atom is 0.513 e. The summed E-state index contributed by atoms with van der Waals surface area (Å²) in [6, 6.07) is 63.8. The summed E-state index contributed by atoms with van der Waals surface area (Å²) in [5.41, 5.74) is 6.35. The van der Waals surface area contributed by atoms with E-state index in [9.17, 15) is 0 Å². The zero-order valence-corrected chi connectivity index (χ0v) is 24.9. The van der Waals surface area contributed by atoms with E-state index in [4.69, 9.17) is 0 Å². The minimum Gasteiger partial charge on any atom is -0.366 e. The fraction of sp³-hybridized carbons (Fsp3) is 0. The minimum atomic E-state index is -3.50. The molecule has 6 rings (SSSR count). The van der Waals surface area contributed by atoms with Crippen LogP contribution in [0, 0.1) is 0 Å². The minimum absolute atomic E-state index is 1.06. The van der Waals surface area contributed by atoms with E-state index in [1.807, 2.05) is 6.20 Å². The first kappa shape index (κ1) is 27.6. The molecule has 0 aromatic heterocycles. The van der Waals surface area contributed by atoms with E-state index in [2.05, 4.69) is 207 Å². The highest BCUT2D eigenvalue weighted by molar-refractivity contribution is 6.91. The molecular formula is C38H34N4Si. The molecule has 1 N–H and O–H groups in total. The van der Waals surface area contributed by atoms with Gasteiger partial charge in [-0.25, -0.2) is 0 Å². The molecule has 210 valence electrons. The quantitative estimate of drug-likeness (QED) is 0.156. The molecule has 0 aliphatic rings. The first-order chi connectivity index (χ1) is 21.3. The van der Waals surface area contributed by atoms with Crippen molar-refractivity contribution >= 4 is 42.8 Å². The number of nitrogens with one attached hydrogen (secondary N) is 1. The van der Waals surface area contributed by atoms with Gasteiger partial charge in [0.05, 0.1) is 0 Å². The summed E-state index contributed by atoms with van der Waals surface area (Å²) >= 11 is 0. The van der Waals surface area contributed by atoms with Gasteiger partial charge in [-0.15, -0.1) is 0 Å². The van der Waals surface area contributed by atoms with Crippen molar-refractivity contribution in [3.8, 4) is 0 Å². The molecule has 0 saturated heterocycles. The summed E-state index contributed by atoms with van der Waals surface area (Å²) in [6.07, 6.45) is 1.85. The second-order valence-corrected chi connectivity index (χ2v) is 12.9. The van der Waals surface area contributed by atoms with Gasteiger partial charge in [-0.2, -0.15) is 0 Å². The van der Waals surface area contributed by atoms with Crippen LogP contribution in [0.5, 0.6) is 0 Å². The zero-order valence-electron chi connectivity index (χ0n) is 23.9. The highest BCUT2D eigenvalue weighted by Gasteiger charge is 2.57. The first-order valence-electron chi connectivity index (χ1n) is 14.4. The SMILES string of the molecule is C=CN[Si](N(c1ccccc1)c1ccccc1)(N(c1ccccc1)c1ccccc1)N(c1ccccc1)c1ccccc1. The van der Waals surface area contributed by atoms with E-state index < -0.39 is 8.72 Å². The second kappa shape index (κ2) is 13.0. The Morgan fingerprint density at radius 1 is 0.349 bits per heavy atom. The van der Waals surface area contributed by atoms with Crippen LogP contribution in [0.3, 0.4) is 0 Å². The predicted octanol–water partition coefficient (Wildman–Crippen LogP) is 9.67. The molecule has 0 fully saturated rings. The van der Waals surface area contributed by atoms with Crippen molar-refractivity contribution in [1.82, 2.24) is 4.98 Å². The van der Waals surface area contributed by atoms with Crippen LogP contribution in [0.2, 0.25) is 0 Å². The first-order valence-corrected chi connectivity index (χ1v) is 16.3. The Bertz CT molecular complexity index is 1380. The molecule has 0 saturated carbocycles. The Morgan fingerprint density at radius 2 is 0.535 bits per heavy atom. The van der Waals surface area contributed by atoms with E-state index in [0.29, 0.717) is 0 Å². The number of para-hydroxylation sites is 6. The lowest BCUT2D eigenvalue weighted by molar-refractivity contribution is 1.04. The zero-order chi connectivity index (χ0) is 29.3. The summed E-state index contributed by atoms with van der Waals surface area (Å²) in [5.74, 6) is 0. The predicted molar refractivity (Wildman–Crippen MR) is 184 cm³/mol. The smallest absolute Gasteiger partial charge is 0.366 e. The third-order valence-electron chi connectivity index (χ3n) is 7.32. The molecule has 0 unspecified atom stereocenters. The van der Waals surface area contributed by atoms with Crippen molar-refractivity contribution in [2.45, 2.75) is 0 Å². The van der Waals surface area contributed by atoms with Crippen LogP contribution in [0.25, 0.3) is 0 Å². The molecule has 0 aliphatic heterocycles. The van der Waals surface area contributed by atoms with Crippen LogP contribution in [0.15, 0.2) is 195 Å². The molecule has 4 nitrogen and oxygen atoms in total. The molecule has 43 heavy (non-hydrogen) atoms. The molecule has 6 aromatic rings. The number of rotatable bonds is 11. The van der Waals surface area contributed by atoms with Gasteiger partial charge < -0.3 is 18.7 Å². The van der Waals surface area contributed by atoms with Gasteiger partial charge in [-0.3, -0.25) is 0 Å². The maximum absolute atomic E-state index is 4.30. The van der Waals surface area contributed by atoms with Crippen LogP contribution in [-0.4, -0.2) is 8.72 Å². The Balaban J connectivity index is 1.81. The van der Waals surface area contributed by atoms with Crippen molar-refractivity contribution in [2.24, 2.45) is 0 Å². The van der Waals surface area contributed by atoms with Gasteiger partial charge >= 0.3 is 8.72 Å². The topological polar surface area (TPSA) is 21.8 Å². The van der Waals surface area contributed by atoms with Crippen LogP contribution >= 0.6 is 0 Å². The normalized spacial score (nSPS) is 10.9. The largest absolute Gasteiger partial charge is 0.513 e. The molecule has 5 heteroatoms. The Labute approximate surface area is 255 Å². The average molecular weight is 575 g/mol. The monoisotopic (exact) mass is 574 g/mol. The van der Waals surface area contributed by atoms with Gasteiger partial charge in [0.2, 0.25) is 0 Å². The molecule has 0 aliphatic carbocycles. The highest BCUT2D eigenvalue weighted by Crippen LogP contribution is 2.44. The highest BCUT2D eigenvalue weighted by atomic mass is 28.4. The lowest BCUT2D eigenvalue weighted by Crippen LogP contribution is -2.80. The van der Waals surface area contributed by atoms with Crippen LogP contribution < -0.4 is 18.7 Å². The van der Waals surface area contributed by atoms with Gasteiger partial charge in [0.1, 0.15) is 0 Å². The van der Waals surface area contributed by atoms with Crippen LogP contribution in [0.1, 0.15) is 0 Å². The van der Waals surface area contributed by atoms with Gasteiger partial charge in [0.25, 0.3) is 0 Å². The molecule has 0 amide bonds. The van der Waals surface area contributed by atoms with Crippen molar-refractivity contribution in [2.75, 3.05) is 13.7 Å². The van der Waals surface area contributed by atoms with Crippen LogP contribution in [-0.2, 0) is 0 Å². The second-order valence-electron chi connectivity index (χ2n) is 10.0.